The number of hydrogen-bond acceptors (Lipinski definition) is 5. The Morgan fingerprint density at radius 1 is 0.963 bits per heavy atom. The highest BCUT2D eigenvalue weighted by atomic mass is 19.1. The number of benzene rings is 2. The number of nitrogens with zero attached hydrogens (tertiary/aromatic N) is 1. The summed E-state index contributed by atoms with van der Waals surface area (Å²) in [4.78, 5) is 16.4. The molecule has 0 atom stereocenters. The number of carbonyl (C=O) groups excluding carboxylic acids is 1. The highest BCUT2D eigenvalue weighted by Crippen LogP contribution is 2.35. The zero-order valence-corrected chi connectivity index (χ0v) is 13.8. The molecule has 2 N–H and O–H groups in total. The average Bonchev–Trinajstić information content (AvgIpc) is 3.12. The first-order valence-electron chi connectivity index (χ1n) is 7.96. The van der Waals surface area contributed by atoms with E-state index in [-0.39, 0.29) is 18.0 Å². The standard InChI is InChI=1S/C19H13F2N3O3/c20-12-1-3-16(15(21)6-12)24-19(25)11-5-14(9-22-8-11)23-13-2-4-17-18(7-13)27-10-26-17/h1-9,23H,10H2,(H,24,25). The van der Waals surface area contributed by atoms with E-state index in [1.54, 1.807) is 30.5 Å². The highest BCUT2D eigenvalue weighted by Gasteiger charge is 2.14. The van der Waals surface area contributed by atoms with Crippen molar-refractivity contribution in [2.75, 3.05) is 17.4 Å². The maximum Gasteiger partial charge on any atom is 0.257 e. The Hall–Kier alpha value is -3.68. The lowest BCUT2D eigenvalue weighted by Crippen LogP contribution is -2.13. The van der Waals surface area contributed by atoms with Gasteiger partial charge in [-0.1, -0.05) is 0 Å². The Morgan fingerprint density at radius 2 is 1.81 bits per heavy atom. The van der Waals surface area contributed by atoms with E-state index in [1.165, 1.54) is 6.20 Å². The van der Waals surface area contributed by atoms with Gasteiger partial charge in [-0.3, -0.25) is 9.78 Å². The summed E-state index contributed by atoms with van der Waals surface area (Å²) in [5.41, 5.74) is 1.38. The molecule has 2 aromatic carbocycles. The third-order valence-electron chi connectivity index (χ3n) is 3.84. The molecule has 0 aliphatic carbocycles. The third-order valence-corrected chi connectivity index (χ3v) is 3.84. The summed E-state index contributed by atoms with van der Waals surface area (Å²) in [5.74, 6) is -0.864. The van der Waals surface area contributed by atoms with Crippen LogP contribution in [0.15, 0.2) is 54.9 Å². The van der Waals surface area contributed by atoms with Crippen LogP contribution in [-0.2, 0) is 0 Å². The van der Waals surface area contributed by atoms with E-state index >= 15 is 0 Å². The topological polar surface area (TPSA) is 72.5 Å². The van der Waals surface area contributed by atoms with Crippen molar-refractivity contribution in [1.82, 2.24) is 4.98 Å². The molecule has 1 aliphatic rings. The summed E-state index contributed by atoms with van der Waals surface area (Å²) in [6.45, 7) is 0.177. The van der Waals surface area contributed by atoms with Crippen molar-refractivity contribution < 1.29 is 23.0 Å². The fraction of sp³-hybridized carbons (Fsp3) is 0.0526. The number of aromatic nitrogens is 1. The average molecular weight is 369 g/mol. The summed E-state index contributed by atoms with van der Waals surface area (Å²) in [5, 5.41) is 5.50. The first-order valence-corrected chi connectivity index (χ1v) is 7.96. The van der Waals surface area contributed by atoms with Crippen molar-refractivity contribution in [2.45, 2.75) is 0 Å². The fourth-order valence-electron chi connectivity index (χ4n) is 2.56. The summed E-state index contributed by atoms with van der Waals surface area (Å²) in [6.07, 6.45) is 2.89. The molecule has 1 amide bonds. The number of anilines is 3. The number of rotatable bonds is 4. The summed E-state index contributed by atoms with van der Waals surface area (Å²) in [6, 6.07) is 9.82. The number of fused-ring (bicyclic) bond motifs is 1. The van der Waals surface area contributed by atoms with Crippen molar-refractivity contribution in [2.24, 2.45) is 0 Å². The van der Waals surface area contributed by atoms with E-state index in [9.17, 15) is 13.6 Å². The minimum Gasteiger partial charge on any atom is -0.454 e. The van der Waals surface area contributed by atoms with Crippen molar-refractivity contribution in [3.05, 3.63) is 72.1 Å². The SMILES string of the molecule is O=C(Nc1ccc(F)cc1F)c1cncc(Nc2ccc3c(c2)OCO3)c1. The lowest BCUT2D eigenvalue weighted by Gasteiger charge is -2.10. The summed E-state index contributed by atoms with van der Waals surface area (Å²) < 4.78 is 37.2. The monoisotopic (exact) mass is 369 g/mol. The van der Waals surface area contributed by atoms with Gasteiger partial charge in [-0.2, -0.15) is 0 Å². The van der Waals surface area contributed by atoms with Crippen LogP contribution < -0.4 is 20.1 Å². The largest absolute Gasteiger partial charge is 0.454 e. The van der Waals surface area contributed by atoms with Crippen LogP contribution in [0.5, 0.6) is 11.5 Å². The van der Waals surface area contributed by atoms with Gasteiger partial charge < -0.3 is 20.1 Å². The van der Waals surface area contributed by atoms with E-state index in [2.05, 4.69) is 15.6 Å². The van der Waals surface area contributed by atoms with Crippen LogP contribution in [0.2, 0.25) is 0 Å². The number of pyridine rings is 1. The van der Waals surface area contributed by atoms with E-state index in [1.807, 2.05) is 0 Å². The van der Waals surface area contributed by atoms with Crippen molar-refractivity contribution >= 4 is 23.0 Å². The predicted octanol–water partition coefficient (Wildman–Crippen LogP) is 4.08. The van der Waals surface area contributed by atoms with Crippen LogP contribution in [0.3, 0.4) is 0 Å². The lowest BCUT2D eigenvalue weighted by molar-refractivity contribution is 0.102. The van der Waals surface area contributed by atoms with Crippen molar-refractivity contribution in [1.29, 1.82) is 0 Å². The number of carbonyl (C=O) groups is 1. The molecule has 0 unspecified atom stereocenters. The highest BCUT2D eigenvalue weighted by molar-refractivity contribution is 6.04. The van der Waals surface area contributed by atoms with Gasteiger partial charge in [-0.25, -0.2) is 8.78 Å². The maximum absolute atomic E-state index is 13.7. The molecule has 6 nitrogen and oxygen atoms in total. The van der Waals surface area contributed by atoms with Gasteiger partial charge in [0.25, 0.3) is 5.91 Å². The molecule has 0 saturated heterocycles. The van der Waals surface area contributed by atoms with Crippen LogP contribution in [0, 0.1) is 11.6 Å². The molecule has 4 rings (SSSR count). The first-order chi connectivity index (χ1) is 13.1. The second-order valence-electron chi connectivity index (χ2n) is 5.73. The maximum atomic E-state index is 13.7. The number of nitrogens with one attached hydrogen (secondary N) is 2. The van der Waals surface area contributed by atoms with Crippen LogP contribution in [-0.4, -0.2) is 17.7 Å². The lowest BCUT2D eigenvalue weighted by atomic mass is 10.2. The molecule has 0 fully saturated rings. The molecule has 0 radical (unpaired) electrons. The number of ether oxygens (including phenoxy) is 2. The Bertz CT molecular complexity index is 1030. The summed E-state index contributed by atoms with van der Waals surface area (Å²) >= 11 is 0. The quantitative estimate of drug-likeness (QED) is 0.725. The Balaban J connectivity index is 1.51. The molecule has 136 valence electrons. The molecular weight excluding hydrogens is 356 g/mol. The van der Waals surface area contributed by atoms with E-state index in [0.29, 0.717) is 23.3 Å². The molecule has 27 heavy (non-hydrogen) atoms. The van der Waals surface area contributed by atoms with Gasteiger partial charge in [0.1, 0.15) is 11.6 Å². The van der Waals surface area contributed by atoms with Crippen LogP contribution in [0.4, 0.5) is 25.8 Å². The second-order valence-corrected chi connectivity index (χ2v) is 5.73. The Labute approximate surface area is 152 Å². The van der Waals surface area contributed by atoms with Crippen LogP contribution in [0.25, 0.3) is 0 Å². The fourth-order valence-corrected chi connectivity index (χ4v) is 2.56. The number of amides is 1. The first kappa shape index (κ1) is 16.8. The molecule has 8 heteroatoms. The molecule has 3 aromatic rings. The van der Waals surface area contributed by atoms with Gasteiger partial charge in [0.2, 0.25) is 6.79 Å². The molecule has 1 aliphatic heterocycles. The van der Waals surface area contributed by atoms with Gasteiger partial charge in [0, 0.05) is 24.0 Å². The van der Waals surface area contributed by atoms with Crippen LogP contribution in [0.1, 0.15) is 10.4 Å². The molecule has 1 aromatic heterocycles. The number of hydrogen-bond donors (Lipinski definition) is 2. The summed E-state index contributed by atoms with van der Waals surface area (Å²) in [7, 11) is 0. The van der Waals surface area contributed by atoms with Gasteiger partial charge in [0.15, 0.2) is 11.5 Å². The van der Waals surface area contributed by atoms with E-state index in [4.69, 9.17) is 9.47 Å². The third kappa shape index (κ3) is 3.64. The van der Waals surface area contributed by atoms with E-state index < -0.39 is 17.5 Å². The zero-order valence-electron chi connectivity index (χ0n) is 13.8. The Morgan fingerprint density at radius 3 is 2.67 bits per heavy atom. The second kappa shape index (κ2) is 6.91. The van der Waals surface area contributed by atoms with E-state index in [0.717, 1.165) is 17.8 Å². The minimum absolute atomic E-state index is 0.115. The normalized spacial score (nSPS) is 11.9. The van der Waals surface area contributed by atoms with Gasteiger partial charge in [-0.15, -0.1) is 0 Å². The van der Waals surface area contributed by atoms with Crippen LogP contribution >= 0.6 is 0 Å². The predicted molar refractivity (Wildman–Crippen MR) is 94.4 cm³/mol. The van der Waals surface area contributed by atoms with Crippen molar-refractivity contribution in [3.8, 4) is 11.5 Å². The van der Waals surface area contributed by atoms with Gasteiger partial charge in [-0.05, 0) is 30.3 Å². The smallest absolute Gasteiger partial charge is 0.257 e. The number of halogens is 2. The molecule has 2 heterocycles. The molecular formula is C19H13F2N3O3. The zero-order chi connectivity index (χ0) is 18.8. The van der Waals surface area contributed by atoms with Gasteiger partial charge in [0.05, 0.1) is 23.1 Å². The Kier molecular flexibility index (Phi) is 4.29. The van der Waals surface area contributed by atoms with Crippen molar-refractivity contribution in [3.63, 3.8) is 0 Å². The molecule has 0 spiro atoms. The molecule has 0 saturated carbocycles. The molecule has 0 bridgehead atoms. The minimum atomic E-state index is -0.856. The van der Waals surface area contributed by atoms with Gasteiger partial charge >= 0.3 is 0 Å².